The van der Waals surface area contributed by atoms with Crippen molar-refractivity contribution in [1.82, 2.24) is 5.32 Å². The van der Waals surface area contributed by atoms with E-state index in [9.17, 15) is 0 Å². The van der Waals surface area contributed by atoms with Crippen molar-refractivity contribution in [1.29, 1.82) is 0 Å². The molecule has 0 heterocycles. The Bertz CT molecular complexity index is 330. The first kappa shape index (κ1) is 10.7. The van der Waals surface area contributed by atoms with E-state index in [1.54, 1.807) is 16.7 Å². The van der Waals surface area contributed by atoms with Crippen LogP contribution in [0.5, 0.6) is 0 Å². The third kappa shape index (κ3) is 2.07. The van der Waals surface area contributed by atoms with E-state index < -0.39 is 0 Å². The summed E-state index contributed by atoms with van der Waals surface area (Å²) in [5.41, 5.74) is 4.73. The van der Waals surface area contributed by atoms with Crippen LogP contribution in [0.25, 0.3) is 0 Å². The van der Waals surface area contributed by atoms with Crippen molar-refractivity contribution in [3.8, 4) is 0 Å². The van der Waals surface area contributed by atoms with E-state index in [-0.39, 0.29) is 0 Å². The molecule has 1 aliphatic carbocycles. The average molecular weight is 203 g/mol. The van der Waals surface area contributed by atoms with Gasteiger partial charge in [0.05, 0.1) is 0 Å². The fourth-order valence-corrected chi connectivity index (χ4v) is 2.59. The van der Waals surface area contributed by atoms with E-state index in [1.165, 1.54) is 25.7 Å². The van der Waals surface area contributed by atoms with Crippen molar-refractivity contribution in [2.24, 2.45) is 0 Å². The molecule has 1 aliphatic rings. The normalized spacial score (nSPS) is 19.2. The number of aryl methyl sites for hydroxylation is 1. The van der Waals surface area contributed by atoms with Crippen molar-refractivity contribution in [2.75, 3.05) is 6.54 Å². The Kier molecular flexibility index (Phi) is 3.42. The van der Waals surface area contributed by atoms with Crippen LogP contribution in [0, 0.1) is 0 Å². The summed E-state index contributed by atoms with van der Waals surface area (Å²) >= 11 is 0. The van der Waals surface area contributed by atoms with Gasteiger partial charge in [0.2, 0.25) is 0 Å². The van der Waals surface area contributed by atoms with Gasteiger partial charge >= 0.3 is 0 Å². The number of nitrogens with one attached hydrogen (secondary N) is 1. The summed E-state index contributed by atoms with van der Waals surface area (Å²) in [6, 6.07) is 7.41. The van der Waals surface area contributed by atoms with Crippen LogP contribution in [0.4, 0.5) is 0 Å². The quantitative estimate of drug-likeness (QED) is 0.792. The number of hydrogen-bond donors (Lipinski definition) is 1. The van der Waals surface area contributed by atoms with E-state index in [0.29, 0.717) is 6.04 Å². The van der Waals surface area contributed by atoms with Crippen LogP contribution in [0.1, 0.15) is 49.4 Å². The predicted octanol–water partition coefficient (Wildman–Crippen LogP) is 3.24. The Balaban J connectivity index is 2.19. The van der Waals surface area contributed by atoms with E-state index in [4.69, 9.17) is 0 Å². The fraction of sp³-hybridized carbons (Fsp3) is 0.571. The Morgan fingerprint density at radius 2 is 2.20 bits per heavy atom. The first-order valence-electron chi connectivity index (χ1n) is 6.20. The smallest absolute Gasteiger partial charge is 0.0326 e. The van der Waals surface area contributed by atoms with Gasteiger partial charge in [0, 0.05) is 6.04 Å². The van der Waals surface area contributed by atoms with Crippen molar-refractivity contribution in [3.05, 3.63) is 34.9 Å². The van der Waals surface area contributed by atoms with Crippen LogP contribution in [0.2, 0.25) is 0 Å². The number of rotatable bonds is 4. The molecule has 0 saturated heterocycles. The molecule has 0 radical (unpaired) electrons. The standard InChI is InChI=1S/C14H21N/c1-3-10-15-14-9-8-12-11(4-2)6-5-7-13(12)14/h5-7,14-15H,3-4,8-10H2,1-2H3. The number of fused-ring (bicyclic) bond motifs is 1. The first-order valence-corrected chi connectivity index (χ1v) is 6.20. The highest BCUT2D eigenvalue weighted by molar-refractivity contribution is 5.40. The summed E-state index contributed by atoms with van der Waals surface area (Å²) in [6.45, 7) is 5.62. The van der Waals surface area contributed by atoms with Crippen LogP contribution in [0.15, 0.2) is 18.2 Å². The van der Waals surface area contributed by atoms with Gasteiger partial charge in [0.1, 0.15) is 0 Å². The molecule has 0 spiro atoms. The second-order valence-electron chi connectivity index (χ2n) is 4.38. The molecule has 0 aromatic heterocycles. The monoisotopic (exact) mass is 203 g/mol. The lowest BCUT2D eigenvalue weighted by atomic mass is 10.0. The first-order chi connectivity index (χ1) is 7.36. The van der Waals surface area contributed by atoms with Gasteiger partial charge < -0.3 is 5.32 Å². The van der Waals surface area contributed by atoms with Crippen molar-refractivity contribution < 1.29 is 0 Å². The van der Waals surface area contributed by atoms with Gasteiger partial charge in [-0.25, -0.2) is 0 Å². The molecule has 0 bridgehead atoms. The molecule has 1 nitrogen and oxygen atoms in total. The molecular weight excluding hydrogens is 182 g/mol. The Morgan fingerprint density at radius 3 is 2.93 bits per heavy atom. The van der Waals surface area contributed by atoms with Crippen molar-refractivity contribution in [2.45, 2.75) is 45.6 Å². The fourth-order valence-electron chi connectivity index (χ4n) is 2.59. The third-order valence-electron chi connectivity index (χ3n) is 3.39. The van der Waals surface area contributed by atoms with Gasteiger partial charge in [-0.05, 0) is 48.9 Å². The van der Waals surface area contributed by atoms with Crippen molar-refractivity contribution in [3.63, 3.8) is 0 Å². The zero-order valence-corrected chi connectivity index (χ0v) is 9.84. The van der Waals surface area contributed by atoms with Crippen LogP contribution in [-0.2, 0) is 12.8 Å². The highest BCUT2D eigenvalue weighted by Crippen LogP contribution is 2.33. The lowest BCUT2D eigenvalue weighted by molar-refractivity contribution is 0.529. The molecule has 1 unspecified atom stereocenters. The van der Waals surface area contributed by atoms with E-state index in [0.717, 1.165) is 6.54 Å². The number of benzene rings is 1. The summed E-state index contributed by atoms with van der Waals surface area (Å²) < 4.78 is 0. The van der Waals surface area contributed by atoms with E-state index in [2.05, 4.69) is 37.4 Å². The minimum absolute atomic E-state index is 0.617. The molecule has 15 heavy (non-hydrogen) atoms. The third-order valence-corrected chi connectivity index (χ3v) is 3.39. The summed E-state index contributed by atoms with van der Waals surface area (Å²) in [6.07, 6.45) is 4.94. The maximum absolute atomic E-state index is 3.64. The molecule has 1 aromatic carbocycles. The van der Waals surface area contributed by atoms with E-state index in [1.807, 2.05) is 0 Å². The zero-order chi connectivity index (χ0) is 10.7. The summed E-state index contributed by atoms with van der Waals surface area (Å²) in [5, 5.41) is 3.64. The molecule has 0 fully saturated rings. The molecule has 0 amide bonds. The van der Waals surface area contributed by atoms with Gasteiger partial charge in [0.15, 0.2) is 0 Å². The SMILES string of the molecule is CCCNC1CCc2c(CC)cccc21. The highest BCUT2D eigenvalue weighted by Gasteiger charge is 2.22. The van der Waals surface area contributed by atoms with Gasteiger partial charge in [-0.15, -0.1) is 0 Å². The van der Waals surface area contributed by atoms with Gasteiger partial charge in [-0.1, -0.05) is 32.0 Å². The minimum atomic E-state index is 0.617. The Morgan fingerprint density at radius 1 is 1.33 bits per heavy atom. The van der Waals surface area contributed by atoms with E-state index >= 15 is 0 Å². The largest absolute Gasteiger partial charge is 0.310 e. The molecule has 1 atom stereocenters. The molecule has 0 saturated carbocycles. The predicted molar refractivity (Wildman–Crippen MR) is 65.2 cm³/mol. The molecule has 82 valence electrons. The summed E-state index contributed by atoms with van der Waals surface area (Å²) in [4.78, 5) is 0. The summed E-state index contributed by atoms with van der Waals surface area (Å²) in [7, 11) is 0. The van der Waals surface area contributed by atoms with Crippen LogP contribution in [-0.4, -0.2) is 6.54 Å². The van der Waals surface area contributed by atoms with Crippen molar-refractivity contribution >= 4 is 0 Å². The zero-order valence-electron chi connectivity index (χ0n) is 9.84. The van der Waals surface area contributed by atoms with Gasteiger partial charge in [-0.3, -0.25) is 0 Å². The van der Waals surface area contributed by atoms with Crippen LogP contribution in [0.3, 0.4) is 0 Å². The molecule has 0 aliphatic heterocycles. The molecular formula is C14H21N. The van der Waals surface area contributed by atoms with Gasteiger partial charge in [0.25, 0.3) is 0 Å². The van der Waals surface area contributed by atoms with Crippen LogP contribution < -0.4 is 5.32 Å². The van der Waals surface area contributed by atoms with Gasteiger partial charge in [-0.2, -0.15) is 0 Å². The molecule has 1 heteroatoms. The maximum atomic E-state index is 3.64. The second-order valence-corrected chi connectivity index (χ2v) is 4.38. The maximum Gasteiger partial charge on any atom is 0.0326 e. The minimum Gasteiger partial charge on any atom is -0.310 e. The topological polar surface area (TPSA) is 12.0 Å². The lowest BCUT2D eigenvalue weighted by Gasteiger charge is -2.13. The Hall–Kier alpha value is -0.820. The Labute approximate surface area is 92.9 Å². The van der Waals surface area contributed by atoms with Crippen LogP contribution >= 0.6 is 0 Å². The average Bonchev–Trinajstić information content (AvgIpc) is 2.69. The molecule has 2 rings (SSSR count). The highest BCUT2D eigenvalue weighted by atomic mass is 14.9. The molecule has 1 N–H and O–H groups in total. The summed E-state index contributed by atoms with van der Waals surface area (Å²) in [5.74, 6) is 0. The lowest BCUT2D eigenvalue weighted by Crippen LogP contribution is -2.19. The molecule has 1 aromatic rings. The second kappa shape index (κ2) is 4.80. The number of hydrogen-bond acceptors (Lipinski definition) is 1.